The minimum absolute atomic E-state index is 0.393. The number of para-hydroxylation sites is 2. The highest BCUT2D eigenvalue weighted by Gasteiger charge is 2.51. The lowest BCUT2D eigenvalue weighted by Gasteiger charge is -2.30. The molecule has 2 aliphatic carbocycles. The second-order valence-corrected chi connectivity index (χ2v) is 20.3. The molecule has 2 aliphatic rings. The van der Waals surface area contributed by atoms with E-state index in [1.165, 1.54) is 115 Å². The van der Waals surface area contributed by atoms with Crippen molar-refractivity contribution < 1.29 is 0 Å². The first-order chi connectivity index (χ1) is 37.2. The molecule has 348 valence electrons. The zero-order valence-electron chi connectivity index (χ0n) is 41.0. The van der Waals surface area contributed by atoms with Crippen LogP contribution in [0.15, 0.2) is 279 Å². The fourth-order valence-electron chi connectivity index (χ4n) is 13.4. The molecule has 1 heterocycles. The van der Waals surface area contributed by atoms with E-state index in [0.717, 1.165) is 28.3 Å². The van der Waals surface area contributed by atoms with Crippen molar-refractivity contribution in [1.29, 1.82) is 0 Å². The monoisotopic (exact) mass is 950 g/mol. The first kappa shape index (κ1) is 41.8. The Labute approximate surface area is 435 Å². The van der Waals surface area contributed by atoms with E-state index in [-0.39, 0.29) is 0 Å². The predicted octanol–water partition coefficient (Wildman–Crippen LogP) is 19.4. The number of anilines is 3. The Morgan fingerprint density at radius 2 is 0.640 bits per heavy atom. The smallest absolute Gasteiger partial charge is 0.0725 e. The zero-order valence-corrected chi connectivity index (χ0v) is 41.0. The first-order valence-corrected chi connectivity index (χ1v) is 26.1. The van der Waals surface area contributed by atoms with Crippen molar-refractivity contribution in [2.24, 2.45) is 0 Å². The van der Waals surface area contributed by atoms with Gasteiger partial charge in [-0.25, -0.2) is 0 Å². The summed E-state index contributed by atoms with van der Waals surface area (Å²) < 4.78 is 2.40. The number of fused-ring (bicyclic) bond motifs is 19. The van der Waals surface area contributed by atoms with Crippen LogP contribution < -0.4 is 4.90 Å². The molecule has 0 saturated heterocycles. The summed E-state index contributed by atoms with van der Waals surface area (Å²) in [5, 5.41) is 10.1. The van der Waals surface area contributed by atoms with E-state index in [4.69, 9.17) is 0 Å². The number of hydrogen-bond acceptors (Lipinski definition) is 1. The molecular weight excluding hydrogens is 905 g/mol. The van der Waals surface area contributed by atoms with Crippen LogP contribution in [0.5, 0.6) is 0 Å². The number of rotatable bonds is 6. The van der Waals surface area contributed by atoms with E-state index in [0.29, 0.717) is 0 Å². The van der Waals surface area contributed by atoms with E-state index in [1.807, 2.05) is 0 Å². The third-order valence-electron chi connectivity index (χ3n) is 16.6. The number of nitrogens with zero attached hydrogens (tertiary/aromatic N) is 2. The predicted molar refractivity (Wildman–Crippen MR) is 315 cm³/mol. The molecule has 0 unspecified atom stereocenters. The Kier molecular flexibility index (Phi) is 8.99. The molecule has 16 rings (SSSR count). The Morgan fingerprint density at radius 1 is 0.240 bits per heavy atom. The highest BCUT2D eigenvalue weighted by molar-refractivity contribution is 6.26. The molecule has 1 spiro atoms. The Hall–Kier alpha value is -9.76. The van der Waals surface area contributed by atoms with Gasteiger partial charge in [0.2, 0.25) is 0 Å². The van der Waals surface area contributed by atoms with Gasteiger partial charge in [-0.1, -0.05) is 212 Å². The lowest BCUT2D eigenvalue weighted by Crippen LogP contribution is -2.25. The van der Waals surface area contributed by atoms with Crippen LogP contribution in [-0.4, -0.2) is 4.57 Å². The van der Waals surface area contributed by atoms with Crippen molar-refractivity contribution in [2.45, 2.75) is 5.41 Å². The minimum atomic E-state index is -0.393. The Bertz CT molecular complexity index is 4500. The van der Waals surface area contributed by atoms with Crippen LogP contribution in [0.2, 0.25) is 0 Å². The molecule has 75 heavy (non-hydrogen) atoms. The van der Waals surface area contributed by atoms with E-state index in [1.54, 1.807) is 0 Å². The van der Waals surface area contributed by atoms with E-state index in [9.17, 15) is 0 Å². The molecular formula is C73H46N2. The SMILES string of the molecule is c1cc(-c2ccc(N(c3ccc(-c4ccc5c(c4)C4(c6ccccc6-c6ccccc64)c4ccccc4-5)cc3)c3ccc4c5ccccc5c5ccccc5c4c3)cc2)cc(-n2c3ccccc3c3ccccc32)c1. The van der Waals surface area contributed by atoms with Crippen LogP contribution >= 0.6 is 0 Å². The van der Waals surface area contributed by atoms with E-state index in [2.05, 4.69) is 289 Å². The van der Waals surface area contributed by atoms with Gasteiger partial charge in [0.25, 0.3) is 0 Å². The van der Waals surface area contributed by atoms with Crippen molar-refractivity contribution in [3.05, 3.63) is 301 Å². The summed E-state index contributed by atoms with van der Waals surface area (Å²) in [6.07, 6.45) is 0. The average molecular weight is 951 g/mol. The number of hydrogen-bond donors (Lipinski definition) is 0. The summed E-state index contributed by atoms with van der Waals surface area (Å²) in [6.45, 7) is 0. The minimum Gasteiger partial charge on any atom is -0.310 e. The third-order valence-corrected chi connectivity index (χ3v) is 16.6. The van der Waals surface area contributed by atoms with Crippen molar-refractivity contribution in [1.82, 2.24) is 4.57 Å². The summed E-state index contributed by atoms with van der Waals surface area (Å²) in [7, 11) is 0. The van der Waals surface area contributed by atoms with E-state index < -0.39 is 5.41 Å². The van der Waals surface area contributed by atoms with Crippen LogP contribution in [0, 0.1) is 0 Å². The molecule has 2 heteroatoms. The van der Waals surface area contributed by atoms with Gasteiger partial charge in [0.1, 0.15) is 0 Å². The Balaban J connectivity index is 0.827. The standard InChI is InChI=1S/C73H46N2/c1-2-20-57-55(18-1)56-19-3-4-21-58(56)66-46-54(41-43-59(57)66)74(51-37-32-47(33-38-51)49-16-15-17-53(44-49)75-71-30-13-8-25-64(71)65-26-9-14-31-72(65)75)52-39-34-48(35-40-52)50-36-42-63-62-24-7-12-29-69(62)73(70(63)45-50)67-27-10-5-22-60(67)61-23-6-11-28-68(61)73/h1-46H. The molecule has 14 aromatic rings. The van der Waals surface area contributed by atoms with Gasteiger partial charge in [-0.15, -0.1) is 0 Å². The second-order valence-electron chi connectivity index (χ2n) is 20.3. The van der Waals surface area contributed by atoms with Gasteiger partial charge in [0.05, 0.1) is 16.4 Å². The van der Waals surface area contributed by atoms with Crippen LogP contribution in [0.4, 0.5) is 17.1 Å². The average Bonchev–Trinajstić information content (AvgIpc) is 4.13. The molecule has 0 saturated carbocycles. The largest absolute Gasteiger partial charge is 0.310 e. The first-order valence-electron chi connectivity index (χ1n) is 26.1. The number of benzene rings is 13. The molecule has 0 amide bonds. The molecule has 2 nitrogen and oxygen atoms in total. The normalized spacial score (nSPS) is 12.9. The van der Waals surface area contributed by atoms with Crippen LogP contribution in [0.25, 0.3) is 104 Å². The van der Waals surface area contributed by atoms with Crippen LogP contribution in [0.3, 0.4) is 0 Å². The summed E-state index contributed by atoms with van der Waals surface area (Å²) in [5.41, 5.74) is 21.9. The highest BCUT2D eigenvalue weighted by atomic mass is 15.1. The molecule has 0 fully saturated rings. The third kappa shape index (κ3) is 6.02. The van der Waals surface area contributed by atoms with Gasteiger partial charge in [-0.3, -0.25) is 0 Å². The summed E-state index contributed by atoms with van der Waals surface area (Å²) in [4.78, 5) is 2.42. The fraction of sp³-hybridized carbons (Fsp3) is 0.0137. The van der Waals surface area contributed by atoms with Gasteiger partial charge in [-0.2, -0.15) is 0 Å². The van der Waals surface area contributed by atoms with Crippen molar-refractivity contribution >= 4 is 71.2 Å². The van der Waals surface area contributed by atoms with Gasteiger partial charge in [-0.05, 0) is 166 Å². The number of aromatic nitrogens is 1. The molecule has 0 atom stereocenters. The summed E-state index contributed by atoms with van der Waals surface area (Å²) >= 11 is 0. The maximum absolute atomic E-state index is 2.48. The fourth-order valence-corrected chi connectivity index (χ4v) is 13.4. The topological polar surface area (TPSA) is 8.17 Å². The lowest BCUT2D eigenvalue weighted by molar-refractivity contribution is 0.794. The molecule has 0 radical (unpaired) electrons. The quantitative estimate of drug-likeness (QED) is 0.151. The van der Waals surface area contributed by atoms with Gasteiger partial charge in [0, 0.05) is 33.5 Å². The van der Waals surface area contributed by atoms with Crippen molar-refractivity contribution in [3.8, 4) is 50.2 Å². The van der Waals surface area contributed by atoms with Gasteiger partial charge in [0.15, 0.2) is 0 Å². The van der Waals surface area contributed by atoms with Crippen molar-refractivity contribution in [3.63, 3.8) is 0 Å². The summed E-state index contributed by atoms with van der Waals surface area (Å²) in [5.74, 6) is 0. The zero-order chi connectivity index (χ0) is 49.2. The van der Waals surface area contributed by atoms with Gasteiger partial charge >= 0.3 is 0 Å². The highest BCUT2D eigenvalue weighted by Crippen LogP contribution is 2.63. The Morgan fingerprint density at radius 3 is 1.17 bits per heavy atom. The molecule has 0 aliphatic heterocycles. The van der Waals surface area contributed by atoms with Gasteiger partial charge < -0.3 is 9.47 Å². The lowest BCUT2D eigenvalue weighted by atomic mass is 9.70. The molecule has 0 N–H and O–H groups in total. The second kappa shape index (κ2) is 16.1. The molecule has 1 aromatic heterocycles. The molecule has 0 bridgehead atoms. The van der Waals surface area contributed by atoms with Crippen LogP contribution in [-0.2, 0) is 5.41 Å². The summed E-state index contributed by atoms with van der Waals surface area (Å²) in [6, 6.07) is 104. The van der Waals surface area contributed by atoms with E-state index >= 15 is 0 Å². The van der Waals surface area contributed by atoms with Crippen molar-refractivity contribution in [2.75, 3.05) is 4.90 Å². The maximum atomic E-state index is 2.48. The maximum Gasteiger partial charge on any atom is 0.0725 e. The van der Waals surface area contributed by atoms with Crippen LogP contribution in [0.1, 0.15) is 22.3 Å². The molecule has 13 aromatic carbocycles.